The first-order valence-electron chi connectivity index (χ1n) is 6.79. The zero-order chi connectivity index (χ0) is 16.1. The Balaban J connectivity index is 2.10. The maximum atomic E-state index is 12.2. The summed E-state index contributed by atoms with van der Waals surface area (Å²) in [6.07, 6.45) is 0.724. The fourth-order valence-electron chi connectivity index (χ4n) is 1.87. The molecule has 116 valence electrons. The second-order valence-corrected chi connectivity index (χ2v) is 4.67. The maximum Gasteiger partial charge on any atom is 0.258 e. The van der Waals surface area contributed by atoms with E-state index in [1.54, 1.807) is 18.2 Å². The second-order valence-electron chi connectivity index (χ2n) is 4.67. The lowest BCUT2D eigenvalue weighted by molar-refractivity contribution is -0.119. The molecule has 22 heavy (non-hydrogen) atoms. The van der Waals surface area contributed by atoms with Gasteiger partial charge in [0.1, 0.15) is 5.75 Å². The molecule has 7 nitrogen and oxygen atoms in total. The molecule has 0 fully saturated rings. The lowest BCUT2D eigenvalue weighted by Gasteiger charge is -2.06. The number of primary amides is 1. The Bertz CT molecular complexity index is 694. The third-order valence-electron chi connectivity index (χ3n) is 3.06. The minimum atomic E-state index is -0.584. The van der Waals surface area contributed by atoms with Crippen molar-refractivity contribution in [1.82, 2.24) is 5.16 Å². The first-order valence-corrected chi connectivity index (χ1v) is 6.79. The van der Waals surface area contributed by atoms with Crippen molar-refractivity contribution in [3.05, 3.63) is 41.1 Å². The average molecular weight is 303 g/mol. The highest BCUT2D eigenvalue weighted by Crippen LogP contribution is 2.20. The number of nitrogens with one attached hydrogen (secondary N) is 1. The largest absolute Gasteiger partial charge is 0.484 e. The molecule has 2 amide bonds. The van der Waals surface area contributed by atoms with Crippen molar-refractivity contribution in [2.24, 2.45) is 5.73 Å². The third-order valence-corrected chi connectivity index (χ3v) is 3.06. The van der Waals surface area contributed by atoms with Crippen LogP contribution >= 0.6 is 0 Å². The van der Waals surface area contributed by atoms with Gasteiger partial charge < -0.3 is 15.0 Å². The molecule has 0 aliphatic rings. The molecule has 3 N–H and O–H groups in total. The summed E-state index contributed by atoms with van der Waals surface area (Å²) in [6.45, 7) is 3.54. The molecular formula is C15H17N3O4. The first-order chi connectivity index (χ1) is 10.5. The van der Waals surface area contributed by atoms with E-state index in [9.17, 15) is 9.59 Å². The number of ether oxygens (including phenoxy) is 1. The summed E-state index contributed by atoms with van der Waals surface area (Å²) >= 11 is 0. The predicted octanol–water partition coefficient (Wildman–Crippen LogP) is 1.66. The van der Waals surface area contributed by atoms with Crippen molar-refractivity contribution in [2.45, 2.75) is 20.3 Å². The molecule has 0 saturated heterocycles. The van der Waals surface area contributed by atoms with Gasteiger partial charge in [-0.05, 0) is 31.5 Å². The SMILES string of the molecule is CCc1noc(NC(=O)c2cccc(OCC(N)=O)c2)c1C. The Morgan fingerprint density at radius 3 is 2.82 bits per heavy atom. The van der Waals surface area contributed by atoms with Crippen molar-refractivity contribution in [1.29, 1.82) is 0 Å². The quantitative estimate of drug-likeness (QED) is 0.843. The van der Waals surface area contributed by atoms with Crippen LogP contribution in [0.3, 0.4) is 0 Å². The van der Waals surface area contributed by atoms with Gasteiger partial charge in [-0.1, -0.05) is 18.1 Å². The van der Waals surface area contributed by atoms with E-state index in [1.165, 1.54) is 6.07 Å². The van der Waals surface area contributed by atoms with Gasteiger partial charge in [0.15, 0.2) is 6.61 Å². The Kier molecular flexibility index (Phi) is 4.77. The Labute approximate surface area is 127 Å². The summed E-state index contributed by atoms with van der Waals surface area (Å²) in [5.74, 6) is -0.231. The highest BCUT2D eigenvalue weighted by molar-refractivity contribution is 6.04. The van der Waals surface area contributed by atoms with E-state index in [0.29, 0.717) is 17.2 Å². The number of anilines is 1. The molecule has 1 heterocycles. The molecule has 7 heteroatoms. The average Bonchev–Trinajstić information content (AvgIpc) is 2.86. The fraction of sp³-hybridized carbons (Fsp3) is 0.267. The minimum absolute atomic E-state index is 0.244. The summed E-state index contributed by atoms with van der Waals surface area (Å²) < 4.78 is 10.3. The standard InChI is InChI=1S/C15H17N3O4/c1-3-12-9(2)15(22-18-12)17-14(20)10-5-4-6-11(7-10)21-8-13(16)19/h4-7H,3,8H2,1-2H3,(H2,16,19)(H,17,20). The summed E-state index contributed by atoms with van der Waals surface area (Å²) in [5.41, 5.74) is 6.98. The van der Waals surface area contributed by atoms with Gasteiger partial charge in [-0.25, -0.2) is 0 Å². The van der Waals surface area contributed by atoms with Gasteiger partial charge in [0, 0.05) is 11.1 Å². The van der Waals surface area contributed by atoms with Crippen LogP contribution in [0.4, 0.5) is 5.88 Å². The number of hydrogen-bond donors (Lipinski definition) is 2. The normalized spacial score (nSPS) is 10.3. The summed E-state index contributed by atoms with van der Waals surface area (Å²) in [5, 5.41) is 6.54. The maximum absolute atomic E-state index is 12.2. The van der Waals surface area contributed by atoms with Crippen molar-refractivity contribution in [3.8, 4) is 5.75 Å². The summed E-state index contributed by atoms with van der Waals surface area (Å²) in [6, 6.07) is 6.42. The molecular weight excluding hydrogens is 286 g/mol. The van der Waals surface area contributed by atoms with E-state index in [-0.39, 0.29) is 12.5 Å². The van der Waals surface area contributed by atoms with Crippen LogP contribution < -0.4 is 15.8 Å². The van der Waals surface area contributed by atoms with Gasteiger partial charge in [0.2, 0.25) is 5.88 Å². The van der Waals surface area contributed by atoms with E-state index in [2.05, 4.69) is 10.5 Å². The molecule has 0 bridgehead atoms. The smallest absolute Gasteiger partial charge is 0.258 e. The molecule has 2 aromatic rings. The molecule has 0 unspecified atom stereocenters. The summed E-state index contributed by atoms with van der Waals surface area (Å²) in [7, 11) is 0. The monoisotopic (exact) mass is 303 g/mol. The van der Waals surface area contributed by atoms with Crippen LogP contribution in [0.2, 0.25) is 0 Å². The van der Waals surface area contributed by atoms with Gasteiger partial charge in [-0.3, -0.25) is 14.9 Å². The molecule has 1 aromatic heterocycles. The molecule has 0 radical (unpaired) electrons. The number of amides is 2. The zero-order valence-corrected chi connectivity index (χ0v) is 12.4. The van der Waals surface area contributed by atoms with Gasteiger partial charge in [-0.2, -0.15) is 0 Å². The van der Waals surface area contributed by atoms with Crippen LogP contribution in [0, 0.1) is 6.92 Å². The van der Waals surface area contributed by atoms with Gasteiger partial charge >= 0.3 is 0 Å². The highest BCUT2D eigenvalue weighted by Gasteiger charge is 2.15. The number of rotatable bonds is 6. The van der Waals surface area contributed by atoms with E-state index in [4.69, 9.17) is 15.0 Å². The molecule has 0 saturated carbocycles. The van der Waals surface area contributed by atoms with Crippen LogP contribution in [0.15, 0.2) is 28.8 Å². The van der Waals surface area contributed by atoms with Crippen LogP contribution in [0.25, 0.3) is 0 Å². The lowest BCUT2D eigenvalue weighted by atomic mass is 10.2. The first kappa shape index (κ1) is 15.6. The number of aryl methyl sites for hydroxylation is 1. The second kappa shape index (κ2) is 6.75. The van der Waals surface area contributed by atoms with E-state index >= 15 is 0 Å². The van der Waals surface area contributed by atoms with Crippen molar-refractivity contribution >= 4 is 17.7 Å². The molecule has 0 spiro atoms. The molecule has 0 aliphatic heterocycles. The highest BCUT2D eigenvalue weighted by atomic mass is 16.5. The number of hydrogen-bond acceptors (Lipinski definition) is 5. The molecule has 1 aromatic carbocycles. The number of nitrogens with zero attached hydrogens (tertiary/aromatic N) is 1. The Hall–Kier alpha value is -2.83. The third kappa shape index (κ3) is 3.63. The zero-order valence-electron chi connectivity index (χ0n) is 12.4. The van der Waals surface area contributed by atoms with Crippen LogP contribution in [-0.2, 0) is 11.2 Å². The summed E-state index contributed by atoms with van der Waals surface area (Å²) in [4.78, 5) is 22.9. The van der Waals surface area contributed by atoms with E-state index < -0.39 is 5.91 Å². The number of aromatic nitrogens is 1. The van der Waals surface area contributed by atoms with Crippen molar-refractivity contribution < 1.29 is 18.8 Å². The van der Waals surface area contributed by atoms with Gasteiger partial charge in [-0.15, -0.1) is 0 Å². The predicted molar refractivity (Wildman–Crippen MR) is 79.7 cm³/mol. The van der Waals surface area contributed by atoms with Crippen LogP contribution in [0.5, 0.6) is 5.75 Å². The van der Waals surface area contributed by atoms with Crippen molar-refractivity contribution in [3.63, 3.8) is 0 Å². The van der Waals surface area contributed by atoms with Crippen LogP contribution in [0.1, 0.15) is 28.5 Å². The fourth-order valence-corrected chi connectivity index (χ4v) is 1.87. The minimum Gasteiger partial charge on any atom is -0.484 e. The molecule has 2 rings (SSSR count). The van der Waals surface area contributed by atoms with Crippen molar-refractivity contribution in [2.75, 3.05) is 11.9 Å². The Morgan fingerprint density at radius 2 is 2.18 bits per heavy atom. The van der Waals surface area contributed by atoms with Gasteiger partial charge in [0.05, 0.1) is 5.69 Å². The number of benzene rings is 1. The number of nitrogens with two attached hydrogens (primary N) is 1. The van der Waals surface area contributed by atoms with E-state index in [1.807, 2.05) is 13.8 Å². The van der Waals surface area contributed by atoms with Gasteiger partial charge in [0.25, 0.3) is 11.8 Å². The number of carbonyl (C=O) groups excluding carboxylic acids is 2. The molecule has 0 atom stereocenters. The van der Waals surface area contributed by atoms with E-state index in [0.717, 1.165) is 17.7 Å². The lowest BCUT2D eigenvalue weighted by Crippen LogP contribution is -2.20. The Morgan fingerprint density at radius 1 is 1.41 bits per heavy atom. The molecule has 0 aliphatic carbocycles. The van der Waals surface area contributed by atoms with Crippen LogP contribution in [-0.4, -0.2) is 23.6 Å². The topological polar surface area (TPSA) is 107 Å². The number of carbonyl (C=O) groups is 2.